The van der Waals surface area contributed by atoms with E-state index in [9.17, 15) is 0 Å². The molecule has 3 aliphatic rings. The quantitative estimate of drug-likeness (QED) is 0.151. The van der Waals surface area contributed by atoms with Crippen LogP contribution < -0.4 is 9.47 Å². The zero-order valence-corrected chi connectivity index (χ0v) is 34.7. The zero-order chi connectivity index (χ0) is 41.9. The van der Waals surface area contributed by atoms with Crippen LogP contribution in [-0.4, -0.2) is 12.8 Å². The highest BCUT2D eigenvalue weighted by Gasteiger charge is 2.49. The number of allylic oxidation sites excluding steroid dienone is 5. The fraction of sp³-hybridized carbons (Fsp3) is 0.0678. The predicted octanol–water partition coefficient (Wildman–Crippen LogP) is 15.2. The first kappa shape index (κ1) is 36.9. The van der Waals surface area contributed by atoms with Gasteiger partial charge >= 0.3 is 0 Å². The molecule has 1 aliphatic heterocycles. The standard InChI is InChI=1S/C59H41NO3/c1-60-51(41-32-33-46-45-22-12-14-26-52(45)61-55(46)36-41)37-48(38-16-5-2-6-17-38)40-30-28-39(29-31-40)44-24-15-27-53-57(44)63-58-54(62-53)35-34-50-56(58)47-23-11-13-25-49(47)59(50,42-18-7-3-8-19-42)43-20-9-4-10-21-43/h2-10,12-22,24-37H,11,23H2,1H3/b48-37+,60-51?. The molecule has 2 aliphatic carbocycles. The van der Waals surface area contributed by atoms with E-state index in [4.69, 9.17) is 18.9 Å². The van der Waals surface area contributed by atoms with Crippen LogP contribution in [0.3, 0.4) is 0 Å². The molecule has 300 valence electrons. The fourth-order valence-electron chi connectivity index (χ4n) is 10.2. The van der Waals surface area contributed by atoms with Crippen molar-refractivity contribution in [2.24, 2.45) is 4.99 Å². The lowest BCUT2D eigenvalue weighted by molar-refractivity contribution is 0.359. The van der Waals surface area contributed by atoms with Crippen molar-refractivity contribution in [3.63, 3.8) is 0 Å². The van der Waals surface area contributed by atoms with Crippen molar-refractivity contribution in [2.75, 3.05) is 7.05 Å². The second-order valence-corrected chi connectivity index (χ2v) is 16.4. The molecule has 0 radical (unpaired) electrons. The average Bonchev–Trinajstić information content (AvgIpc) is 3.88. The van der Waals surface area contributed by atoms with Gasteiger partial charge in [-0.2, -0.15) is 0 Å². The molecule has 4 nitrogen and oxygen atoms in total. The number of benzene rings is 8. The lowest BCUT2D eigenvalue weighted by Gasteiger charge is -2.35. The van der Waals surface area contributed by atoms with E-state index in [1.165, 1.54) is 27.8 Å². The second-order valence-electron chi connectivity index (χ2n) is 16.4. The summed E-state index contributed by atoms with van der Waals surface area (Å²) in [5, 5.41) is 2.21. The molecular formula is C59H41NO3. The Morgan fingerprint density at radius 1 is 0.571 bits per heavy atom. The van der Waals surface area contributed by atoms with Crippen LogP contribution in [0.15, 0.2) is 221 Å². The fourth-order valence-corrected chi connectivity index (χ4v) is 10.2. The first-order chi connectivity index (χ1) is 31.2. The van der Waals surface area contributed by atoms with E-state index in [0.29, 0.717) is 5.75 Å². The van der Waals surface area contributed by atoms with E-state index in [1.807, 2.05) is 43.4 Å². The number of hydrogen-bond acceptors (Lipinski definition) is 4. The van der Waals surface area contributed by atoms with E-state index >= 15 is 0 Å². The molecule has 1 aromatic heterocycles. The smallest absolute Gasteiger partial charge is 0.178 e. The largest absolute Gasteiger partial charge is 0.456 e. The number of ether oxygens (including phenoxy) is 2. The maximum Gasteiger partial charge on any atom is 0.178 e. The normalized spacial score (nSPS) is 15.1. The molecule has 9 aromatic rings. The SMILES string of the molecule is CN=C(/C=C(\c1ccccc1)c1ccc(-c2cccc3c2Oc2c(ccc4c2C2=C(C=CCC2)C4(c2ccccc2)c2ccccc2)O3)cc1)c1ccc2c(c1)oc1ccccc12. The third-order valence-corrected chi connectivity index (χ3v) is 13.0. The van der Waals surface area contributed by atoms with Crippen molar-refractivity contribution in [2.45, 2.75) is 18.3 Å². The van der Waals surface area contributed by atoms with E-state index < -0.39 is 5.41 Å². The molecular weight excluding hydrogens is 771 g/mol. The summed E-state index contributed by atoms with van der Waals surface area (Å²) in [7, 11) is 1.85. The lowest BCUT2D eigenvalue weighted by Crippen LogP contribution is -2.29. The summed E-state index contributed by atoms with van der Waals surface area (Å²) in [4.78, 5) is 4.80. The van der Waals surface area contributed by atoms with Crippen molar-refractivity contribution in [3.05, 3.63) is 251 Å². The molecule has 0 fully saturated rings. The Kier molecular flexibility index (Phi) is 8.72. The molecule has 0 atom stereocenters. The highest BCUT2D eigenvalue weighted by atomic mass is 16.6. The Bertz CT molecular complexity index is 3330. The number of furan rings is 1. The minimum atomic E-state index is -0.495. The number of para-hydroxylation sites is 2. The first-order valence-electron chi connectivity index (χ1n) is 21.6. The van der Waals surface area contributed by atoms with Crippen LogP contribution in [0, 0.1) is 0 Å². The van der Waals surface area contributed by atoms with E-state index in [0.717, 1.165) is 96.7 Å². The second kappa shape index (κ2) is 14.9. The van der Waals surface area contributed by atoms with Gasteiger partial charge in [0.25, 0.3) is 0 Å². The Balaban J connectivity index is 0.940. The van der Waals surface area contributed by atoms with Crippen LogP contribution >= 0.6 is 0 Å². The van der Waals surface area contributed by atoms with Crippen LogP contribution in [0.25, 0.3) is 44.2 Å². The van der Waals surface area contributed by atoms with Gasteiger partial charge in [-0.05, 0) is 99.3 Å². The number of hydrogen-bond donors (Lipinski definition) is 0. The molecule has 8 aromatic carbocycles. The molecule has 2 heterocycles. The molecule has 0 amide bonds. The third-order valence-electron chi connectivity index (χ3n) is 13.0. The van der Waals surface area contributed by atoms with Crippen LogP contribution in [0.4, 0.5) is 0 Å². The minimum Gasteiger partial charge on any atom is -0.456 e. The van der Waals surface area contributed by atoms with Crippen molar-refractivity contribution in [3.8, 4) is 34.1 Å². The van der Waals surface area contributed by atoms with Crippen molar-refractivity contribution in [1.82, 2.24) is 0 Å². The highest BCUT2D eigenvalue weighted by Crippen LogP contribution is 2.62. The van der Waals surface area contributed by atoms with Gasteiger partial charge in [-0.15, -0.1) is 0 Å². The molecule has 0 N–H and O–H groups in total. The molecule has 0 saturated carbocycles. The lowest BCUT2D eigenvalue weighted by atomic mass is 9.66. The summed E-state index contributed by atoms with van der Waals surface area (Å²) in [6.45, 7) is 0. The van der Waals surface area contributed by atoms with Crippen molar-refractivity contribution < 1.29 is 13.9 Å². The predicted molar refractivity (Wildman–Crippen MR) is 256 cm³/mol. The van der Waals surface area contributed by atoms with Gasteiger partial charge in [0.05, 0.1) is 11.1 Å². The van der Waals surface area contributed by atoms with Gasteiger partial charge in [-0.3, -0.25) is 4.99 Å². The maximum atomic E-state index is 7.21. The number of fused-ring (bicyclic) bond motifs is 8. The Hall–Kier alpha value is -7.95. The molecule has 4 heteroatoms. The average molecular weight is 812 g/mol. The Morgan fingerprint density at radius 2 is 1.24 bits per heavy atom. The Labute approximate surface area is 366 Å². The van der Waals surface area contributed by atoms with E-state index in [1.54, 1.807) is 0 Å². The topological polar surface area (TPSA) is 44.0 Å². The number of rotatable bonds is 7. The summed E-state index contributed by atoms with van der Waals surface area (Å²) in [5.74, 6) is 2.93. The third kappa shape index (κ3) is 5.86. The van der Waals surface area contributed by atoms with Gasteiger partial charge in [0, 0.05) is 34.5 Å². The first-order valence-corrected chi connectivity index (χ1v) is 21.6. The van der Waals surface area contributed by atoms with Gasteiger partial charge in [0.15, 0.2) is 23.0 Å². The summed E-state index contributed by atoms with van der Waals surface area (Å²) in [5.41, 5.74) is 15.8. The molecule has 0 unspecified atom stereocenters. The summed E-state index contributed by atoms with van der Waals surface area (Å²) in [6, 6.07) is 66.2. The van der Waals surface area contributed by atoms with Crippen molar-refractivity contribution in [1.29, 1.82) is 0 Å². The van der Waals surface area contributed by atoms with Crippen LogP contribution in [0.2, 0.25) is 0 Å². The molecule has 0 bridgehead atoms. The maximum absolute atomic E-state index is 7.21. The van der Waals surface area contributed by atoms with Gasteiger partial charge in [-0.25, -0.2) is 0 Å². The number of aliphatic imine (C=N–C) groups is 1. The van der Waals surface area contributed by atoms with Gasteiger partial charge in [0.2, 0.25) is 0 Å². The molecule has 0 spiro atoms. The van der Waals surface area contributed by atoms with Crippen LogP contribution in [-0.2, 0) is 5.41 Å². The zero-order valence-electron chi connectivity index (χ0n) is 34.7. The van der Waals surface area contributed by atoms with E-state index in [2.05, 4.69) is 170 Å². The molecule has 63 heavy (non-hydrogen) atoms. The minimum absolute atomic E-state index is 0.495. The summed E-state index contributed by atoms with van der Waals surface area (Å²) < 4.78 is 20.3. The van der Waals surface area contributed by atoms with Gasteiger partial charge < -0.3 is 13.9 Å². The van der Waals surface area contributed by atoms with Crippen LogP contribution in [0.5, 0.6) is 23.0 Å². The highest BCUT2D eigenvalue weighted by molar-refractivity contribution is 6.16. The monoisotopic (exact) mass is 811 g/mol. The van der Waals surface area contributed by atoms with E-state index in [-0.39, 0.29) is 0 Å². The Morgan fingerprint density at radius 3 is 2.00 bits per heavy atom. The van der Waals surface area contributed by atoms with Gasteiger partial charge in [-0.1, -0.05) is 170 Å². The van der Waals surface area contributed by atoms with Crippen molar-refractivity contribution >= 4 is 38.8 Å². The van der Waals surface area contributed by atoms with Gasteiger partial charge in [0.1, 0.15) is 11.2 Å². The number of nitrogens with zero attached hydrogens (tertiary/aromatic N) is 1. The molecule has 12 rings (SSSR count). The summed E-state index contributed by atoms with van der Waals surface area (Å²) in [6.07, 6.45) is 8.75. The summed E-state index contributed by atoms with van der Waals surface area (Å²) >= 11 is 0. The molecule has 0 saturated heterocycles. The van der Waals surface area contributed by atoms with Crippen LogP contribution in [0.1, 0.15) is 51.8 Å².